The Kier molecular flexibility index (Phi) is 3.43. The van der Waals surface area contributed by atoms with E-state index in [1.807, 2.05) is 12.1 Å². The summed E-state index contributed by atoms with van der Waals surface area (Å²) in [6.07, 6.45) is 5.15. The summed E-state index contributed by atoms with van der Waals surface area (Å²) in [5.41, 5.74) is 0.991. The minimum atomic E-state index is -3.08. The highest BCUT2D eigenvalue weighted by atomic mass is 32.2. The average Bonchev–Trinajstić information content (AvgIpc) is 3.01. The van der Waals surface area contributed by atoms with Gasteiger partial charge in [0.05, 0.1) is 4.90 Å². The third kappa shape index (κ3) is 3.73. The maximum Gasteiger partial charge on any atom is 0.175 e. The van der Waals surface area contributed by atoms with E-state index < -0.39 is 9.84 Å². The van der Waals surface area contributed by atoms with Crippen LogP contribution in [0.25, 0.3) is 0 Å². The zero-order valence-corrected chi connectivity index (χ0v) is 11.1. The number of anilines is 1. The second-order valence-electron chi connectivity index (χ2n) is 5.02. The summed E-state index contributed by atoms with van der Waals surface area (Å²) in [7, 11) is -3.08. The second-order valence-corrected chi connectivity index (χ2v) is 7.04. The van der Waals surface area contributed by atoms with Gasteiger partial charge in [0.15, 0.2) is 9.84 Å². The SMILES string of the molecule is CC(CC1CC1)Nc1ccc(S(C)(=O)=O)cc1. The van der Waals surface area contributed by atoms with Crippen molar-refractivity contribution in [1.82, 2.24) is 0 Å². The van der Waals surface area contributed by atoms with Crippen LogP contribution in [0.2, 0.25) is 0 Å². The lowest BCUT2D eigenvalue weighted by atomic mass is 10.1. The number of benzene rings is 1. The third-order valence-electron chi connectivity index (χ3n) is 3.08. The summed E-state index contributed by atoms with van der Waals surface area (Å²) in [6, 6.07) is 7.43. The van der Waals surface area contributed by atoms with Crippen molar-refractivity contribution >= 4 is 15.5 Å². The maximum atomic E-state index is 11.3. The van der Waals surface area contributed by atoms with Crippen LogP contribution in [0.4, 0.5) is 5.69 Å². The van der Waals surface area contributed by atoms with Gasteiger partial charge in [-0.1, -0.05) is 12.8 Å². The van der Waals surface area contributed by atoms with Crippen LogP contribution in [0.1, 0.15) is 26.2 Å². The van der Waals surface area contributed by atoms with Gasteiger partial charge in [-0.05, 0) is 43.5 Å². The van der Waals surface area contributed by atoms with Crippen molar-refractivity contribution in [2.45, 2.75) is 37.1 Å². The number of rotatable bonds is 5. The van der Waals surface area contributed by atoms with E-state index in [1.54, 1.807) is 12.1 Å². The Morgan fingerprint density at radius 3 is 2.35 bits per heavy atom. The Morgan fingerprint density at radius 1 is 1.29 bits per heavy atom. The normalized spacial score (nSPS) is 17.8. The molecule has 2 rings (SSSR count). The van der Waals surface area contributed by atoms with Crippen molar-refractivity contribution in [2.24, 2.45) is 5.92 Å². The molecule has 4 heteroatoms. The monoisotopic (exact) mass is 253 g/mol. The van der Waals surface area contributed by atoms with E-state index in [4.69, 9.17) is 0 Å². The highest BCUT2D eigenvalue weighted by Crippen LogP contribution is 2.34. The fraction of sp³-hybridized carbons (Fsp3) is 0.538. The van der Waals surface area contributed by atoms with E-state index in [0.29, 0.717) is 10.9 Å². The lowest BCUT2D eigenvalue weighted by Crippen LogP contribution is -2.15. The van der Waals surface area contributed by atoms with E-state index in [2.05, 4.69) is 12.2 Å². The molecule has 0 radical (unpaired) electrons. The molecule has 94 valence electrons. The summed E-state index contributed by atoms with van der Waals surface area (Å²) in [5.74, 6) is 0.896. The van der Waals surface area contributed by atoms with E-state index in [9.17, 15) is 8.42 Å². The summed E-state index contributed by atoms with van der Waals surface area (Å²) >= 11 is 0. The van der Waals surface area contributed by atoms with Crippen LogP contribution in [0.15, 0.2) is 29.2 Å². The number of sulfone groups is 1. The topological polar surface area (TPSA) is 46.2 Å². The fourth-order valence-corrected chi connectivity index (χ4v) is 2.63. The molecule has 1 N–H and O–H groups in total. The van der Waals surface area contributed by atoms with Gasteiger partial charge in [0, 0.05) is 18.0 Å². The van der Waals surface area contributed by atoms with E-state index >= 15 is 0 Å². The minimum Gasteiger partial charge on any atom is -0.383 e. The zero-order chi connectivity index (χ0) is 12.5. The van der Waals surface area contributed by atoms with Crippen molar-refractivity contribution in [3.8, 4) is 0 Å². The van der Waals surface area contributed by atoms with Crippen molar-refractivity contribution in [3.05, 3.63) is 24.3 Å². The Hall–Kier alpha value is -1.03. The molecule has 0 aromatic heterocycles. The molecule has 3 nitrogen and oxygen atoms in total. The number of hydrogen-bond acceptors (Lipinski definition) is 3. The van der Waals surface area contributed by atoms with Crippen LogP contribution in [0, 0.1) is 5.92 Å². The highest BCUT2D eigenvalue weighted by molar-refractivity contribution is 7.90. The zero-order valence-electron chi connectivity index (χ0n) is 10.3. The molecular formula is C13H19NO2S. The van der Waals surface area contributed by atoms with E-state index in [0.717, 1.165) is 11.6 Å². The molecular weight excluding hydrogens is 234 g/mol. The molecule has 1 fully saturated rings. The van der Waals surface area contributed by atoms with Crippen LogP contribution in [-0.4, -0.2) is 20.7 Å². The smallest absolute Gasteiger partial charge is 0.175 e. The van der Waals surface area contributed by atoms with E-state index in [-0.39, 0.29) is 0 Å². The Labute approximate surface area is 103 Å². The quantitative estimate of drug-likeness (QED) is 0.877. The second kappa shape index (κ2) is 4.69. The first-order valence-electron chi connectivity index (χ1n) is 6.02. The minimum absolute atomic E-state index is 0.373. The Balaban J connectivity index is 1.97. The van der Waals surface area contributed by atoms with Crippen molar-refractivity contribution in [3.63, 3.8) is 0 Å². The van der Waals surface area contributed by atoms with Gasteiger partial charge in [-0.2, -0.15) is 0 Å². The van der Waals surface area contributed by atoms with Gasteiger partial charge in [0.2, 0.25) is 0 Å². The van der Waals surface area contributed by atoms with Gasteiger partial charge in [-0.3, -0.25) is 0 Å². The molecule has 1 aromatic rings. The highest BCUT2D eigenvalue weighted by Gasteiger charge is 2.23. The first kappa shape index (κ1) is 12.4. The largest absolute Gasteiger partial charge is 0.383 e. The fourth-order valence-electron chi connectivity index (χ4n) is 2.00. The Bertz CT molecular complexity index is 475. The summed E-state index contributed by atoms with van der Waals surface area (Å²) in [5, 5.41) is 3.40. The molecule has 0 aliphatic heterocycles. The maximum absolute atomic E-state index is 11.3. The molecule has 1 aromatic carbocycles. The van der Waals surface area contributed by atoms with Crippen LogP contribution in [0.5, 0.6) is 0 Å². The van der Waals surface area contributed by atoms with Crippen LogP contribution in [0.3, 0.4) is 0 Å². The number of hydrogen-bond donors (Lipinski definition) is 1. The van der Waals surface area contributed by atoms with Gasteiger partial charge in [0.25, 0.3) is 0 Å². The lowest BCUT2D eigenvalue weighted by Gasteiger charge is -2.14. The summed E-state index contributed by atoms with van der Waals surface area (Å²) in [4.78, 5) is 0.373. The van der Waals surface area contributed by atoms with Crippen molar-refractivity contribution in [2.75, 3.05) is 11.6 Å². The van der Waals surface area contributed by atoms with E-state index in [1.165, 1.54) is 25.5 Å². The molecule has 0 spiro atoms. The van der Waals surface area contributed by atoms with Gasteiger partial charge in [0.1, 0.15) is 0 Å². The molecule has 17 heavy (non-hydrogen) atoms. The lowest BCUT2D eigenvalue weighted by molar-refractivity contribution is 0.602. The summed E-state index contributed by atoms with van der Waals surface area (Å²) in [6.45, 7) is 2.17. The molecule has 1 unspecified atom stereocenters. The molecule has 1 atom stereocenters. The predicted octanol–water partition coefficient (Wildman–Crippen LogP) is 2.69. The summed E-state index contributed by atoms with van der Waals surface area (Å²) < 4.78 is 22.6. The molecule has 1 saturated carbocycles. The number of nitrogens with one attached hydrogen (secondary N) is 1. The van der Waals surface area contributed by atoms with Crippen molar-refractivity contribution < 1.29 is 8.42 Å². The molecule has 1 aliphatic carbocycles. The average molecular weight is 253 g/mol. The standard InChI is InChI=1S/C13H19NO2S/c1-10(9-11-3-4-11)14-12-5-7-13(8-6-12)17(2,15)16/h5-8,10-11,14H,3-4,9H2,1-2H3. The molecule has 0 bridgehead atoms. The van der Waals surface area contributed by atoms with Crippen LogP contribution in [-0.2, 0) is 9.84 Å². The molecule has 1 aliphatic rings. The van der Waals surface area contributed by atoms with Gasteiger partial charge in [-0.25, -0.2) is 8.42 Å². The first-order chi connectivity index (χ1) is 7.95. The van der Waals surface area contributed by atoms with Gasteiger partial charge < -0.3 is 5.32 Å². The molecule has 0 heterocycles. The van der Waals surface area contributed by atoms with Crippen LogP contribution >= 0.6 is 0 Å². The molecule has 0 amide bonds. The first-order valence-corrected chi connectivity index (χ1v) is 7.91. The van der Waals surface area contributed by atoms with Crippen molar-refractivity contribution in [1.29, 1.82) is 0 Å². The van der Waals surface area contributed by atoms with Gasteiger partial charge in [-0.15, -0.1) is 0 Å². The molecule has 0 saturated heterocycles. The van der Waals surface area contributed by atoms with Crippen LogP contribution < -0.4 is 5.32 Å². The Morgan fingerprint density at radius 2 is 1.88 bits per heavy atom. The van der Waals surface area contributed by atoms with Gasteiger partial charge >= 0.3 is 0 Å². The predicted molar refractivity (Wildman–Crippen MR) is 70.0 cm³/mol. The third-order valence-corrected chi connectivity index (χ3v) is 4.21.